The summed E-state index contributed by atoms with van der Waals surface area (Å²) in [5.41, 5.74) is 6.66. The number of nitrogens with zero attached hydrogens (tertiary/aromatic N) is 1. The molecular weight excluding hydrogens is 297 g/mol. The van der Waals surface area contributed by atoms with Crippen LogP contribution in [-0.2, 0) is 4.79 Å². The quantitative estimate of drug-likeness (QED) is 0.901. The van der Waals surface area contributed by atoms with Crippen LogP contribution in [0.3, 0.4) is 0 Å². The number of benzene rings is 1. The van der Waals surface area contributed by atoms with E-state index in [-0.39, 0.29) is 24.5 Å². The zero-order valence-electron chi connectivity index (χ0n) is 11.4. The van der Waals surface area contributed by atoms with E-state index >= 15 is 0 Å². The number of likely N-dealkylation sites (tertiary alicyclic amines) is 1. The zero-order valence-corrected chi connectivity index (χ0v) is 12.9. The predicted octanol–water partition coefficient (Wildman–Crippen LogP) is 2.74. The first kappa shape index (κ1) is 15.4. The van der Waals surface area contributed by atoms with E-state index in [1.807, 2.05) is 4.90 Å². The summed E-state index contributed by atoms with van der Waals surface area (Å²) in [5.74, 6) is 0.0451. The number of carbonyl (C=O) groups is 1. The number of nitrogens with one attached hydrogen (secondary N) is 1. The van der Waals surface area contributed by atoms with Gasteiger partial charge in [0.25, 0.3) is 0 Å². The van der Waals surface area contributed by atoms with Crippen molar-refractivity contribution in [3.8, 4) is 0 Å². The van der Waals surface area contributed by atoms with Crippen molar-refractivity contribution in [1.29, 1.82) is 0 Å². The molecule has 0 saturated carbocycles. The maximum Gasteiger partial charge on any atom is 0.242 e. The predicted molar refractivity (Wildman–Crippen MR) is 83.3 cm³/mol. The number of anilines is 1. The van der Waals surface area contributed by atoms with Crippen LogP contribution in [0, 0.1) is 0 Å². The Hall–Kier alpha value is -0.970. The van der Waals surface area contributed by atoms with Gasteiger partial charge in [-0.1, -0.05) is 23.2 Å². The first-order valence-corrected chi connectivity index (χ1v) is 7.46. The highest BCUT2D eigenvalue weighted by molar-refractivity contribution is 6.35. The highest BCUT2D eigenvalue weighted by Gasteiger charge is 2.26. The normalized spacial score (nSPS) is 22.7. The van der Waals surface area contributed by atoms with Gasteiger partial charge < -0.3 is 16.0 Å². The Balaban J connectivity index is 1.94. The van der Waals surface area contributed by atoms with E-state index in [1.165, 1.54) is 0 Å². The van der Waals surface area contributed by atoms with E-state index in [1.54, 1.807) is 18.2 Å². The fourth-order valence-electron chi connectivity index (χ4n) is 2.42. The number of rotatable bonds is 3. The lowest BCUT2D eigenvalue weighted by molar-refractivity contribution is -0.132. The fourth-order valence-corrected chi connectivity index (χ4v) is 2.94. The molecule has 2 unspecified atom stereocenters. The van der Waals surface area contributed by atoms with Crippen molar-refractivity contribution in [3.63, 3.8) is 0 Å². The molecule has 2 atom stereocenters. The van der Waals surface area contributed by atoms with Gasteiger partial charge in [-0.05, 0) is 38.0 Å². The molecule has 0 aliphatic carbocycles. The highest BCUT2D eigenvalue weighted by Crippen LogP contribution is 2.22. The van der Waals surface area contributed by atoms with Gasteiger partial charge in [0.2, 0.25) is 5.91 Å². The second-order valence-electron chi connectivity index (χ2n) is 5.24. The van der Waals surface area contributed by atoms with Gasteiger partial charge in [-0.25, -0.2) is 0 Å². The van der Waals surface area contributed by atoms with Crippen molar-refractivity contribution in [1.82, 2.24) is 4.90 Å². The van der Waals surface area contributed by atoms with Crippen LogP contribution < -0.4 is 11.1 Å². The molecule has 20 heavy (non-hydrogen) atoms. The van der Waals surface area contributed by atoms with Crippen molar-refractivity contribution in [2.45, 2.75) is 31.8 Å². The standard InChI is InChI=1S/C14H19Cl2N3O/c1-9-2-3-12(17)8-19(9)14(20)7-18-13-5-10(15)4-11(16)6-13/h4-6,9,12,18H,2-3,7-8,17H2,1H3. The fraction of sp³-hybridized carbons (Fsp3) is 0.500. The molecule has 1 aromatic rings. The van der Waals surface area contributed by atoms with Crippen LogP contribution >= 0.6 is 23.2 Å². The molecular formula is C14H19Cl2N3O. The number of nitrogens with two attached hydrogens (primary N) is 1. The third kappa shape index (κ3) is 4.01. The molecule has 0 spiro atoms. The second-order valence-corrected chi connectivity index (χ2v) is 6.12. The van der Waals surface area contributed by atoms with Gasteiger partial charge in [0.15, 0.2) is 0 Å². The molecule has 1 aromatic carbocycles. The minimum Gasteiger partial charge on any atom is -0.376 e. The number of halogens is 2. The molecule has 1 saturated heterocycles. The first-order chi connectivity index (χ1) is 9.45. The zero-order chi connectivity index (χ0) is 14.7. The molecule has 2 rings (SSSR count). The number of carbonyl (C=O) groups excluding carboxylic acids is 1. The van der Waals surface area contributed by atoms with Crippen LogP contribution in [0.2, 0.25) is 10.0 Å². The highest BCUT2D eigenvalue weighted by atomic mass is 35.5. The van der Waals surface area contributed by atoms with E-state index in [9.17, 15) is 4.79 Å². The van der Waals surface area contributed by atoms with Crippen LogP contribution in [0.5, 0.6) is 0 Å². The summed E-state index contributed by atoms with van der Waals surface area (Å²) < 4.78 is 0. The van der Waals surface area contributed by atoms with E-state index in [4.69, 9.17) is 28.9 Å². The minimum atomic E-state index is 0.0451. The second kappa shape index (κ2) is 6.66. The summed E-state index contributed by atoms with van der Waals surface area (Å²) >= 11 is 11.8. The molecule has 0 radical (unpaired) electrons. The Morgan fingerprint density at radius 2 is 2.00 bits per heavy atom. The van der Waals surface area contributed by atoms with Crippen LogP contribution in [-0.4, -0.2) is 36.0 Å². The van der Waals surface area contributed by atoms with Gasteiger partial charge in [0.05, 0.1) is 6.54 Å². The average Bonchev–Trinajstić information content (AvgIpc) is 2.38. The van der Waals surface area contributed by atoms with Crippen molar-refractivity contribution in [2.24, 2.45) is 5.73 Å². The maximum atomic E-state index is 12.2. The topological polar surface area (TPSA) is 58.4 Å². The lowest BCUT2D eigenvalue weighted by atomic mass is 10.00. The molecule has 1 fully saturated rings. The SMILES string of the molecule is CC1CCC(N)CN1C(=O)CNc1cc(Cl)cc(Cl)c1. The Bertz CT molecular complexity index is 475. The van der Waals surface area contributed by atoms with Gasteiger partial charge >= 0.3 is 0 Å². The average molecular weight is 316 g/mol. The molecule has 1 amide bonds. The van der Waals surface area contributed by atoms with Crippen LogP contribution in [0.15, 0.2) is 18.2 Å². The molecule has 6 heteroatoms. The molecule has 3 N–H and O–H groups in total. The van der Waals surface area contributed by atoms with Gasteiger partial charge in [0.1, 0.15) is 0 Å². The van der Waals surface area contributed by atoms with E-state index in [2.05, 4.69) is 12.2 Å². The Kier molecular flexibility index (Phi) is 5.13. The van der Waals surface area contributed by atoms with Gasteiger partial charge in [-0.3, -0.25) is 4.79 Å². The summed E-state index contributed by atoms with van der Waals surface area (Å²) in [4.78, 5) is 14.1. The molecule has 1 heterocycles. The smallest absolute Gasteiger partial charge is 0.242 e. The Morgan fingerprint density at radius 3 is 2.65 bits per heavy atom. The third-order valence-corrected chi connectivity index (χ3v) is 3.98. The van der Waals surface area contributed by atoms with Crippen LogP contribution in [0.4, 0.5) is 5.69 Å². The summed E-state index contributed by atoms with van der Waals surface area (Å²) in [6, 6.07) is 5.46. The molecule has 110 valence electrons. The van der Waals surface area contributed by atoms with Crippen molar-refractivity contribution >= 4 is 34.8 Å². The summed E-state index contributed by atoms with van der Waals surface area (Å²) in [5, 5.41) is 4.14. The van der Waals surface area contributed by atoms with E-state index < -0.39 is 0 Å². The number of amides is 1. The lowest BCUT2D eigenvalue weighted by Crippen LogP contribution is -2.51. The van der Waals surface area contributed by atoms with Crippen LogP contribution in [0.25, 0.3) is 0 Å². The summed E-state index contributed by atoms with van der Waals surface area (Å²) in [7, 11) is 0. The van der Waals surface area contributed by atoms with Gasteiger partial charge in [0, 0.05) is 34.4 Å². The van der Waals surface area contributed by atoms with Gasteiger partial charge in [-0.15, -0.1) is 0 Å². The number of piperidine rings is 1. The summed E-state index contributed by atoms with van der Waals surface area (Å²) in [6.07, 6.45) is 1.93. The van der Waals surface area contributed by atoms with Gasteiger partial charge in [-0.2, -0.15) is 0 Å². The monoisotopic (exact) mass is 315 g/mol. The maximum absolute atomic E-state index is 12.2. The lowest BCUT2D eigenvalue weighted by Gasteiger charge is -2.36. The number of hydrogen-bond donors (Lipinski definition) is 2. The Labute approximate surface area is 129 Å². The van der Waals surface area contributed by atoms with Crippen LogP contribution in [0.1, 0.15) is 19.8 Å². The van der Waals surface area contributed by atoms with Crippen molar-refractivity contribution < 1.29 is 4.79 Å². The first-order valence-electron chi connectivity index (χ1n) is 6.70. The Morgan fingerprint density at radius 1 is 1.35 bits per heavy atom. The number of hydrogen-bond acceptors (Lipinski definition) is 3. The van der Waals surface area contributed by atoms with E-state index in [0.29, 0.717) is 16.6 Å². The van der Waals surface area contributed by atoms with E-state index in [0.717, 1.165) is 18.5 Å². The molecule has 4 nitrogen and oxygen atoms in total. The summed E-state index contributed by atoms with van der Waals surface area (Å²) in [6.45, 7) is 2.89. The largest absolute Gasteiger partial charge is 0.376 e. The molecule has 0 aromatic heterocycles. The van der Waals surface area contributed by atoms with Crippen molar-refractivity contribution in [3.05, 3.63) is 28.2 Å². The molecule has 0 bridgehead atoms. The third-order valence-electron chi connectivity index (χ3n) is 3.55. The molecule has 1 aliphatic rings. The molecule has 1 aliphatic heterocycles. The van der Waals surface area contributed by atoms with Crippen molar-refractivity contribution in [2.75, 3.05) is 18.4 Å². The minimum absolute atomic E-state index is 0.0451.